The molecular weight excluding hydrogens is 242 g/mol. The molecule has 0 unspecified atom stereocenters. The van der Waals surface area contributed by atoms with Crippen LogP contribution in [-0.4, -0.2) is 16.0 Å². The van der Waals surface area contributed by atoms with Crippen LogP contribution in [0.3, 0.4) is 0 Å². The Labute approximate surface area is 114 Å². The summed E-state index contributed by atoms with van der Waals surface area (Å²) in [7, 11) is 0. The molecule has 18 heavy (non-hydrogen) atoms. The maximum Gasteiger partial charge on any atom is 0.124 e. The van der Waals surface area contributed by atoms with Crippen molar-refractivity contribution in [3.8, 4) is 0 Å². The van der Waals surface area contributed by atoms with Crippen molar-refractivity contribution < 1.29 is 0 Å². The van der Waals surface area contributed by atoms with Gasteiger partial charge in [0.2, 0.25) is 0 Å². The van der Waals surface area contributed by atoms with Crippen LogP contribution < -0.4 is 11.1 Å². The van der Waals surface area contributed by atoms with Crippen molar-refractivity contribution in [2.45, 2.75) is 45.1 Å². The maximum absolute atomic E-state index is 5.69. The molecule has 1 aromatic rings. The van der Waals surface area contributed by atoms with Gasteiger partial charge in [-0.25, -0.2) is 0 Å². The Bertz CT molecular complexity index is 411. The van der Waals surface area contributed by atoms with Crippen LogP contribution in [0.25, 0.3) is 0 Å². The molecule has 0 spiro atoms. The van der Waals surface area contributed by atoms with Crippen LogP contribution >= 0.6 is 12.2 Å². The number of aromatic nitrogens is 1. The second-order valence-corrected chi connectivity index (χ2v) is 5.47. The van der Waals surface area contributed by atoms with Gasteiger partial charge in [-0.3, -0.25) is 4.98 Å². The average molecular weight is 263 g/mol. The number of pyridine rings is 1. The fourth-order valence-corrected chi connectivity index (χ4v) is 2.82. The zero-order valence-electron chi connectivity index (χ0n) is 10.9. The third kappa shape index (κ3) is 3.19. The molecule has 1 heterocycles. The number of hydrogen-bond donors (Lipinski definition) is 2. The zero-order valence-corrected chi connectivity index (χ0v) is 11.7. The number of nitrogens with two attached hydrogens (primary N) is 1. The predicted octanol–water partition coefficient (Wildman–Crippen LogP) is 3.10. The standard InChI is InChI=1S/C14H21N3S/c1-2-10-5-7-11(8-6-10)17-12-4-3-9-16-13(12)14(15)18/h3-4,9-11,17H,2,5-8H2,1H3,(H2,15,18). The van der Waals surface area contributed by atoms with Gasteiger partial charge in [0.05, 0.1) is 5.69 Å². The van der Waals surface area contributed by atoms with Crippen LogP contribution in [0.5, 0.6) is 0 Å². The zero-order chi connectivity index (χ0) is 13.0. The van der Waals surface area contributed by atoms with Crippen LogP contribution in [0.4, 0.5) is 5.69 Å². The van der Waals surface area contributed by atoms with Gasteiger partial charge in [-0.1, -0.05) is 25.6 Å². The predicted molar refractivity (Wildman–Crippen MR) is 79.8 cm³/mol. The summed E-state index contributed by atoms with van der Waals surface area (Å²) in [5, 5.41) is 3.55. The highest BCUT2D eigenvalue weighted by molar-refractivity contribution is 7.80. The molecule has 4 heteroatoms. The smallest absolute Gasteiger partial charge is 0.124 e. The molecule has 0 bridgehead atoms. The van der Waals surface area contributed by atoms with Gasteiger partial charge in [0.25, 0.3) is 0 Å². The largest absolute Gasteiger partial charge is 0.388 e. The molecule has 0 saturated heterocycles. The first kappa shape index (κ1) is 13.3. The van der Waals surface area contributed by atoms with E-state index in [9.17, 15) is 0 Å². The van der Waals surface area contributed by atoms with E-state index in [0.717, 1.165) is 11.6 Å². The third-order valence-corrected chi connectivity index (χ3v) is 4.02. The van der Waals surface area contributed by atoms with E-state index in [2.05, 4.69) is 17.2 Å². The van der Waals surface area contributed by atoms with E-state index in [4.69, 9.17) is 18.0 Å². The van der Waals surface area contributed by atoms with Gasteiger partial charge in [0.1, 0.15) is 10.7 Å². The molecule has 3 N–H and O–H groups in total. The molecule has 0 aliphatic heterocycles. The van der Waals surface area contributed by atoms with Crippen molar-refractivity contribution in [1.82, 2.24) is 4.98 Å². The normalized spacial score (nSPS) is 23.6. The van der Waals surface area contributed by atoms with E-state index in [-0.39, 0.29) is 0 Å². The SMILES string of the molecule is CCC1CCC(Nc2cccnc2C(N)=S)CC1. The quantitative estimate of drug-likeness (QED) is 0.820. The van der Waals surface area contributed by atoms with Gasteiger partial charge in [0, 0.05) is 12.2 Å². The number of anilines is 1. The third-order valence-electron chi connectivity index (χ3n) is 3.82. The molecule has 0 atom stereocenters. The summed E-state index contributed by atoms with van der Waals surface area (Å²) in [6.07, 6.45) is 8.12. The summed E-state index contributed by atoms with van der Waals surface area (Å²) in [6, 6.07) is 4.46. The van der Waals surface area contributed by atoms with Crippen molar-refractivity contribution in [2.24, 2.45) is 11.7 Å². The Hall–Kier alpha value is -1.16. The lowest BCUT2D eigenvalue weighted by molar-refractivity contribution is 0.330. The molecule has 1 fully saturated rings. The Morgan fingerprint density at radius 3 is 2.78 bits per heavy atom. The Morgan fingerprint density at radius 1 is 1.44 bits per heavy atom. The average Bonchev–Trinajstić information content (AvgIpc) is 2.40. The van der Waals surface area contributed by atoms with Crippen LogP contribution in [0.1, 0.15) is 44.7 Å². The van der Waals surface area contributed by atoms with Gasteiger partial charge in [-0.15, -0.1) is 0 Å². The second kappa shape index (κ2) is 6.14. The number of nitrogens with one attached hydrogen (secondary N) is 1. The number of thiocarbonyl (C=S) groups is 1. The Kier molecular flexibility index (Phi) is 4.53. The van der Waals surface area contributed by atoms with E-state index >= 15 is 0 Å². The summed E-state index contributed by atoms with van der Waals surface area (Å²) in [4.78, 5) is 4.61. The summed E-state index contributed by atoms with van der Waals surface area (Å²) in [5.74, 6) is 0.909. The van der Waals surface area contributed by atoms with Crippen LogP contribution in [-0.2, 0) is 0 Å². The first-order valence-electron chi connectivity index (χ1n) is 6.72. The molecule has 98 valence electrons. The minimum Gasteiger partial charge on any atom is -0.388 e. The van der Waals surface area contributed by atoms with Gasteiger partial charge in [-0.2, -0.15) is 0 Å². The molecule has 0 amide bonds. The van der Waals surface area contributed by atoms with Crippen molar-refractivity contribution in [3.63, 3.8) is 0 Å². The summed E-state index contributed by atoms with van der Waals surface area (Å²) in [6.45, 7) is 2.28. The van der Waals surface area contributed by atoms with Crippen molar-refractivity contribution in [3.05, 3.63) is 24.0 Å². The van der Waals surface area contributed by atoms with Gasteiger partial charge < -0.3 is 11.1 Å². The monoisotopic (exact) mass is 263 g/mol. The van der Waals surface area contributed by atoms with E-state index < -0.39 is 0 Å². The molecule has 1 aliphatic carbocycles. The minimum absolute atomic E-state index is 0.361. The van der Waals surface area contributed by atoms with Crippen molar-refractivity contribution in [2.75, 3.05) is 5.32 Å². The van der Waals surface area contributed by atoms with Gasteiger partial charge >= 0.3 is 0 Å². The first-order valence-corrected chi connectivity index (χ1v) is 7.13. The lowest BCUT2D eigenvalue weighted by Crippen LogP contribution is -2.27. The summed E-state index contributed by atoms with van der Waals surface area (Å²) >= 11 is 5.03. The molecule has 0 radical (unpaired) electrons. The second-order valence-electron chi connectivity index (χ2n) is 5.03. The molecule has 3 nitrogen and oxygen atoms in total. The topological polar surface area (TPSA) is 50.9 Å². The van der Waals surface area contributed by atoms with E-state index in [0.29, 0.717) is 16.7 Å². The number of nitrogens with zero attached hydrogens (tertiary/aromatic N) is 1. The Morgan fingerprint density at radius 2 is 2.17 bits per heavy atom. The minimum atomic E-state index is 0.361. The first-order chi connectivity index (χ1) is 8.70. The molecule has 0 aromatic carbocycles. The lowest BCUT2D eigenvalue weighted by atomic mass is 9.84. The highest BCUT2D eigenvalue weighted by Gasteiger charge is 2.20. The van der Waals surface area contributed by atoms with Crippen LogP contribution in [0, 0.1) is 5.92 Å². The highest BCUT2D eigenvalue weighted by atomic mass is 32.1. The summed E-state index contributed by atoms with van der Waals surface area (Å²) < 4.78 is 0. The van der Waals surface area contributed by atoms with Crippen molar-refractivity contribution >= 4 is 22.9 Å². The molecule has 2 rings (SSSR count). The van der Waals surface area contributed by atoms with Crippen LogP contribution in [0.2, 0.25) is 0 Å². The highest BCUT2D eigenvalue weighted by Crippen LogP contribution is 2.28. The van der Waals surface area contributed by atoms with E-state index in [1.165, 1.54) is 32.1 Å². The van der Waals surface area contributed by atoms with Crippen molar-refractivity contribution in [1.29, 1.82) is 0 Å². The molecule has 1 saturated carbocycles. The maximum atomic E-state index is 5.69. The van der Waals surface area contributed by atoms with E-state index in [1.54, 1.807) is 6.20 Å². The molecule has 1 aromatic heterocycles. The fourth-order valence-electron chi connectivity index (χ4n) is 2.65. The molecular formula is C14H21N3S. The summed E-state index contributed by atoms with van der Waals surface area (Å²) in [5.41, 5.74) is 7.38. The van der Waals surface area contributed by atoms with Gasteiger partial charge in [0.15, 0.2) is 0 Å². The van der Waals surface area contributed by atoms with Crippen LogP contribution in [0.15, 0.2) is 18.3 Å². The van der Waals surface area contributed by atoms with Gasteiger partial charge in [-0.05, 0) is 43.7 Å². The fraction of sp³-hybridized carbons (Fsp3) is 0.571. The Balaban J connectivity index is 2.00. The molecule has 1 aliphatic rings. The number of rotatable bonds is 4. The van der Waals surface area contributed by atoms with E-state index in [1.807, 2.05) is 12.1 Å². The lowest BCUT2D eigenvalue weighted by Gasteiger charge is -2.29. The number of hydrogen-bond acceptors (Lipinski definition) is 3.